The minimum absolute atomic E-state index is 0.942. The Morgan fingerprint density at radius 1 is 1.20 bits per heavy atom. The molecule has 0 aromatic heterocycles. The van der Waals surface area contributed by atoms with Crippen molar-refractivity contribution in [2.45, 2.75) is 25.3 Å². The van der Waals surface area contributed by atoms with Crippen molar-refractivity contribution in [1.82, 2.24) is 4.90 Å². The van der Waals surface area contributed by atoms with E-state index >= 15 is 0 Å². The van der Waals surface area contributed by atoms with E-state index in [1.165, 1.54) is 17.3 Å². The molecule has 0 aliphatic rings. The highest BCUT2D eigenvalue weighted by Crippen LogP contribution is 2.16. The molecule has 15 heavy (non-hydrogen) atoms. The lowest BCUT2D eigenvalue weighted by molar-refractivity contribution is 0.402. The monoisotopic (exact) mass is 222 g/mol. The van der Waals surface area contributed by atoms with Gasteiger partial charge in [-0.2, -0.15) is 5.26 Å². The molecule has 0 bridgehead atoms. The Morgan fingerprint density at radius 3 is 2.13 bits per heavy atom. The van der Waals surface area contributed by atoms with Crippen molar-refractivity contribution in [3.8, 4) is 5.40 Å². The van der Waals surface area contributed by atoms with E-state index in [4.69, 9.17) is 5.26 Å². The molecule has 3 heteroatoms. The Bertz CT molecular complexity index is 298. The van der Waals surface area contributed by atoms with Crippen LogP contribution >= 0.6 is 11.8 Å². The number of thioether (sulfide) groups is 1. The Morgan fingerprint density at radius 2 is 1.73 bits per heavy atom. The lowest BCUT2D eigenvalue weighted by Crippen LogP contribution is -2.10. The van der Waals surface area contributed by atoms with Crippen molar-refractivity contribution in [2.24, 2.45) is 0 Å². The Balaban J connectivity index is 0.000000921. The first-order valence-corrected chi connectivity index (χ1v) is 5.83. The molecule has 0 aliphatic heterocycles. The fourth-order valence-corrected chi connectivity index (χ4v) is 1.46. The quantitative estimate of drug-likeness (QED) is 0.579. The smallest absolute Gasteiger partial charge is 0.138 e. The molecule has 0 radical (unpaired) electrons. The highest BCUT2D eigenvalue weighted by atomic mass is 32.2. The van der Waals surface area contributed by atoms with Crippen molar-refractivity contribution in [3.05, 3.63) is 29.8 Å². The van der Waals surface area contributed by atoms with E-state index < -0.39 is 0 Å². The average molecular weight is 222 g/mol. The third-order valence-corrected chi connectivity index (χ3v) is 2.18. The van der Waals surface area contributed by atoms with Crippen LogP contribution in [-0.4, -0.2) is 19.0 Å². The predicted octanol–water partition coefficient (Wildman–Crippen LogP) is 3.35. The zero-order valence-corrected chi connectivity index (χ0v) is 10.6. The molecule has 0 saturated carbocycles. The minimum atomic E-state index is 0.942. The van der Waals surface area contributed by atoms with Gasteiger partial charge >= 0.3 is 0 Å². The van der Waals surface area contributed by atoms with Gasteiger partial charge in [0.05, 0.1) is 0 Å². The van der Waals surface area contributed by atoms with Crippen LogP contribution in [0, 0.1) is 10.7 Å². The van der Waals surface area contributed by atoms with Crippen LogP contribution in [0.5, 0.6) is 0 Å². The SMILES string of the molecule is CC.CN(C)Cc1ccc(SC#N)cc1. The van der Waals surface area contributed by atoms with Crippen LogP contribution in [0.3, 0.4) is 0 Å². The van der Waals surface area contributed by atoms with Gasteiger partial charge in [0.1, 0.15) is 5.40 Å². The van der Waals surface area contributed by atoms with Gasteiger partial charge < -0.3 is 4.90 Å². The third kappa shape index (κ3) is 6.16. The molecular weight excluding hydrogens is 204 g/mol. The molecule has 0 atom stereocenters. The van der Waals surface area contributed by atoms with E-state index in [1.807, 2.05) is 40.1 Å². The first-order valence-electron chi connectivity index (χ1n) is 5.02. The van der Waals surface area contributed by atoms with Crippen LogP contribution in [0.1, 0.15) is 19.4 Å². The lowest BCUT2D eigenvalue weighted by Gasteiger charge is -2.09. The Kier molecular flexibility index (Phi) is 7.79. The summed E-state index contributed by atoms with van der Waals surface area (Å²) in [4.78, 5) is 3.12. The maximum atomic E-state index is 8.44. The fourth-order valence-electron chi connectivity index (χ4n) is 1.08. The number of rotatable bonds is 3. The second-order valence-corrected chi connectivity index (χ2v) is 3.93. The normalized spacial score (nSPS) is 9.07. The van der Waals surface area contributed by atoms with Gasteiger partial charge in [0, 0.05) is 11.4 Å². The summed E-state index contributed by atoms with van der Waals surface area (Å²) >= 11 is 1.19. The number of benzene rings is 1. The summed E-state index contributed by atoms with van der Waals surface area (Å²) in [5, 5.41) is 10.5. The van der Waals surface area contributed by atoms with Crippen molar-refractivity contribution >= 4 is 11.8 Å². The molecule has 2 nitrogen and oxygen atoms in total. The topological polar surface area (TPSA) is 27.0 Å². The van der Waals surface area contributed by atoms with Gasteiger partial charge in [-0.25, -0.2) is 0 Å². The molecule has 1 aromatic rings. The summed E-state index contributed by atoms with van der Waals surface area (Å²) in [6, 6.07) is 8.07. The van der Waals surface area contributed by atoms with E-state index in [2.05, 4.69) is 22.4 Å². The molecule has 0 spiro atoms. The van der Waals surface area contributed by atoms with Crippen LogP contribution in [0.15, 0.2) is 29.2 Å². The molecular formula is C12H18N2S. The van der Waals surface area contributed by atoms with Crippen molar-refractivity contribution < 1.29 is 0 Å². The number of hydrogen-bond donors (Lipinski definition) is 0. The highest BCUT2D eigenvalue weighted by molar-refractivity contribution is 8.03. The molecule has 0 unspecified atom stereocenters. The van der Waals surface area contributed by atoms with E-state index in [1.54, 1.807) is 0 Å². The van der Waals surface area contributed by atoms with Gasteiger partial charge in [0.15, 0.2) is 0 Å². The largest absolute Gasteiger partial charge is 0.305 e. The third-order valence-electron chi connectivity index (χ3n) is 1.59. The molecule has 0 fully saturated rings. The summed E-state index contributed by atoms with van der Waals surface area (Å²) in [6.45, 7) is 4.94. The summed E-state index contributed by atoms with van der Waals surface area (Å²) in [7, 11) is 4.08. The van der Waals surface area contributed by atoms with Crippen molar-refractivity contribution in [3.63, 3.8) is 0 Å². The highest BCUT2D eigenvalue weighted by Gasteiger charge is 1.95. The second kappa shape index (κ2) is 8.34. The van der Waals surface area contributed by atoms with Crippen LogP contribution < -0.4 is 0 Å². The molecule has 0 amide bonds. The fraction of sp³-hybridized carbons (Fsp3) is 0.417. The Labute approximate surface area is 96.9 Å². The number of nitriles is 1. The van der Waals surface area contributed by atoms with Gasteiger partial charge in [0.25, 0.3) is 0 Å². The summed E-state index contributed by atoms with van der Waals surface area (Å²) in [6.07, 6.45) is 0. The van der Waals surface area contributed by atoms with Gasteiger partial charge in [-0.15, -0.1) is 0 Å². The molecule has 0 saturated heterocycles. The standard InChI is InChI=1S/C10H12N2S.C2H6/c1-12(2)7-9-3-5-10(6-4-9)13-8-11;1-2/h3-6H,7H2,1-2H3;1-2H3. The molecule has 0 heterocycles. The van der Waals surface area contributed by atoms with E-state index in [-0.39, 0.29) is 0 Å². The minimum Gasteiger partial charge on any atom is -0.305 e. The van der Waals surface area contributed by atoms with Gasteiger partial charge in [-0.3, -0.25) is 0 Å². The number of hydrogen-bond acceptors (Lipinski definition) is 3. The maximum absolute atomic E-state index is 8.44. The first kappa shape index (κ1) is 14.0. The van der Waals surface area contributed by atoms with Gasteiger partial charge in [0.2, 0.25) is 0 Å². The van der Waals surface area contributed by atoms with Crippen molar-refractivity contribution in [1.29, 1.82) is 5.26 Å². The number of nitrogens with zero attached hydrogens (tertiary/aromatic N) is 2. The van der Waals surface area contributed by atoms with Crippen molar-refractivity contribution in [2.75, 3.05) is 14.1 Å². The summed E-state index contributed by atoms with van der Waals surface area (Å²) in [5.41, 5.74) is 1.27. The van der Waals surface area contributed by atoms with Gasteiger partial charge in [-0.1, -0.05) is 26.0 Å². The predicted molar refractivity (Wildman–Crippen MR) is 66.7 cm³/mol. The zero-order chi connectivity index (χ0) is 11.7. The lowest BCUT2D eigenvalue weighted by atomic mass is 10.2. The van der Waals surface area contributed by atoms with Crippen LogP contribution in [0.2, 0.25) is 0 Å². The molecule has 0 aliphatic carbocycles. The summed E-state index contributed by atoms with van der Waals surface area (Å²) < 4.78 is 0. The maximum Gasteiger partial charge on any atom is 0.138 e. The van der Waals surface area contributed by atoms with Crippen LogP contribution in [0.4, 0.5) is 0 Å². The average Bonchev–Trinajstić information content (AvgIpc) is 2.24. The molecule has 0 N–H and O–H groups in total. The molecule has 1 aromatic carbocycles. The first-order chi connectivity index (χ1) is 7.22. The second-order valence-electron chi connectivity index (χ2n) is 3.08. The van der Waals surface area contributed by atoms with E-state index in [0.29, 0.717) is 0 Å². The summed E-state index contributed by atoms with van der Waals surface area (Å²) in [5.74, 6) is 0. The Hall–Kier alpha value is -0.980. The molecule has 82 valence electrons. The van der Waals surface area contributed by atoms with E-state index in [0.717, 1.165) is 11.4 Å². The van der Waals surface area contributed by atoms with Gasteiger partial charge in [-0.05, 0) is 43.6 Å². The van der Waals surface area contributed by atoms with E-state index in [9.17, 15) is 0 Å². The van der Waals surface area contributed by atoms with Crippen LogP contribution in [0.25, 0.3) is 0 Å². The number of thiocyanates is 1. The van der Waals surface area contributed by atoms with Crippen LogP contribution in [-0.2, 0) is 6.54 Å². The zero-order valence-electron chi connectivity index (χ0n) is 9.82. The molecule has 1 rings (SSSR count).